The van der Waals surface area contributed by atoms with Crippen molar-refractivity contribution in [2.75, 3.05) is 11.4 Å². The molecular formula is C16H11BrClFN2OS. The number of carbonyl (C=O) groups is 1. The average molecular weight is 414 g/mol. The SMILES string of the molecule is CCN(C(=O)c1sc2cc(F)ccc2c1Cl)c1ccc(Br)cn1. The van der Waals surface area contributed by atoms with Crippen LogP contribution in [0, 0.1) is 5.82 Å². The fraction of sp³-hybridized carbons (Fsp3) is 0.125. The molecule has 0 N–H and O–H groups in total. The quantitative estimate of drug-likeness (QED) is 0.566. The van der Waals surface area contributed by atoms with Crippen LogP contribution in [0.2, 0.25) is 5.02 Å². The number of benzene rings is 1. The third-order valence-electron chi connectivity index (χ3n) is 3.34. The highest BCUT2D eigenvalue weighted by atomic mass is 79.9. The summed E-state index contributed by atoms with van der Waals surface area (Å²) in [6.07, 6.45) is 1.63. The van der Waals surface area contributed by atoms with E-state index < -0.39 is 0 Å². The van der Waals surface area contributed by atoms with Gasteiger partial charge in [0.05, 0.1) is 5.02 Å². The Bertz CT molecular complexity index is 882. The van der Waals surface area contributed by atoms with E-state index in [1.807, 2.05) is 13.0 Å². The molecule has 3 aromatic rings. The highest BCUT2D eigenvalue weighted by molar-refractivity contribution is 9.10. The average Bonchev–Trinajstić information content (AvgIpc) is 2.86. The number of thiophene rings is 1. The molecule has 0 aliphatic heterocycles. The van der Waals surface area contributed by atoms with E-state index >= 15 is 0 Å². The van der Waals surface area contributed by atoms with Crippen molar-refractivity contribution in [1.82, 2.24) is 4.98 Å². The van der Waals surface area contributed by atoms with Gasteiger partial charge >= 0.3 is 0 Å². The molecule has 2 heterocycles. The number of carbonyl (C=O) groups excluding carboxylic acids is 1. The fourth-order valence-corrected chi connectivity index (χ4v) is 3.96. The molecule has 0 spiro atoms. The molecule has 0 radical (unpaired) electrons. The van der Waals surface area contributed by atoms with Crippen LogP contribution in [0.25, 0.3) is 10.1 Å². The summed E-state index contributed by atoms with van der Waals surface area (Å²) in [7, 11) is 0. The van der Waals surface area contributed by atoms with Crippen LogP contribution in [0.1, 0.15) is 16.6 Å². The molecule has 2 aromatic heterocycles. The molecule has 0 saturated carbocycles. The van der Waals surface area contributed by atoms with E-state index in [4.69, 9.17) is 11.6 Å². The predicted molar refractivity (Wildman–Crippen MR) is 96.1 cm³/mol. The first-order valence-corrected chi connectivity index (χ1v) is 8.81. The van der Waals surface area contributed by atoms with Crippen molar-refractivity contribution < 1.29 is 9.18 Å². The van der Waals surface area contributed by atoms with Crippen LogP contribution in [0.4, 0.5) is 10.2 Å². The lowest BCUT2D eigenvalue weighted by atomic mass is 10.2. The Hall–Kier alpha value is -1.50. The lowest BCUT2D eigenvalue weighted by Gasteiger charge is -2.19. The van der Waals surface area contributed by atoms with Gasteiger partial charge in [0.2, 0.25) is 0 Å². The zero-order chi connectivity index (χ0) is 16.6. The Morgan fingerprint density at radius 2 is 2.17 bits per heavy atom. The molecule has 0 atom stereocenters. The molecule has 7 heteroatoms. The largest absolute Gasteiger partial charge is 0.292 e. The Kier molecular flexibility index (Phi) is 4.66. The van der Waals surface area contributed by atoms with Crippen molar-refractivity contribution in [3.63, 3.8) is 0 Å². The van der Waals surface area contributed by atoms with Crippen molar-refractivity contribution in [3.05, 3.63) is 56.7 Å². The highest BCUT2D eigenvalue weighted by Crippen LogP contribution is 2.37. The number of amides is 1. The van der Waals surface area contributed by atoms with Gasteiger partial charge in [-0.25, -0.2) is 9.37 Å². The molecule has 0 aliphatic rings. The van der Waals surface area contributed by atoms with E-state index in [9.17, 15) is 9.18 Å². The zero-order valence-electron chi connectivity index (χ0n) is 12.0. The van der Waals surface area contributed by atoms with Crippen molar-refractivity contribution in [1.29, 1.82) is 0 Å². The van der Waals surface area contributed by atoms with Crippen LogP contribution in [0.5, 0.6) is 0 Å². The van der Waals surface area contributed by atoms with Gasteiger partial charge in [-0.15, -0.1) is 11.3 Å². The van der Waals surface area contributed by atoms with Crippen molar-refractivity contribution in [3.8, 4) is 0 Å². The molecular weight excluding hydrogens is 403 g/mol. The first-order chi connectivity index (χ1) is 11.0. The molecule has 0 saturated heterocycles. The maximum Gasteiger partial charge on any atom is 0.271 e. The molecule has 23 heavy (non-hydrogen) atoms. The summed E-state index contributed by atoms with van der Waals surface area (Å²) in [5.41, 5.74) is 0. The second-order valence-corrected chi connectivity index (χ2v) is 7.12. The minimum absolute atomic E-state index is 0.242. The first kappa shape index (κ1) is 16.4. The summed E-state index contributed by atoms with van der Waals surface area (Å²) in [4.78, 5) is 19.0. The summed E-state index contributed by atoms with van der Waals surface area (Å²) in [5, 5.41) is 1.03. The molecule has 0 fully saturated rings. The minimum Gasteiger partial charge on any atom is -0.292 e. The molecule has 3 nitrogen and oxygen atoms in total. The van der Waals surface area contributed by atoms with Gasteiger partial charge in [-0.3, -0.25) is 9.69 Å². The second kappa shape index (κ2) is 6.55. The van der Waals surface area contributed by atoms with Crippen molar-refractivity contribution in [2.24, 2.45) is 0 Å². The van der Waals surface area contributed by atoms with Gasteiger partial charge in [0, 0.05) is 27.3 Å². The number of aromatic nitrogens is 1. The van der Waals surface area contributed by atoms with Gasteiger partial charge in [-0.1, -0.05) is 11.6 Å². The van der Waals surface area contributed by atoms with Crippen LogP contribution in [0.3, 0.4) is 0 Å². The summed E-state index contributed by atoms with van der Waals surface area (Å²) in [6, 6.07) is 7.89. The second-order valence-electron chi connectivity index (χ2n) is 4.77. The topological polar surface area (TPSA) is 33.2 Å². The van der Waals surface area contributed by atoms with Crippen LogP contribution < -0.4 is 4.90 Å². The zero-order valence-corrected chi connectivity index (χ0v) is 15.2. The Balaban J connectivity index is 2.04. The van der Waals surface area contributed by atoms with Gasteiger partial charge in [0.15, 0.2) is 0 Å². The Morgan fingerprint density at radius 1 is 1.39 bits per heavy atom. The van der Waals surface area contributed by atoms with Gasteiger partial charge in [-0.2, -0.15) is 0 Å². The maximum atomic E-state index is 13.4. The van der Waals surface area contributed by atoms with E-state index in [0.29, 0.717) is 32.3 Å². The maximum absolute atomic E-state index is 13.4. The fourth-order valence-electron chi connectivity index (χ4n) is 2.24. The molecule has 1 aromatic carbocycles. The molecule has 118 valence electrons. The van der Waals surface area contributed by atoms with Gasteiger partial charge in [0.1, 0.15) is 16.5 Å². The van der Waals surface area contributed by atoms with E-state index in [2.05, 4.69) is 20.9 Å². The molecule has 0 unspecified atom stereocenters. The third-order valence-corrected chi connectivity index (χ3v) is 5.45. The first-order valence-electron chi connectivity index (χ1n) is 6.82. The number of anilines is 1. The van der Waals surface area contributed by atoms with Gasteiger partial charge < -0.3 is 0 Å². The number of hydrogen-bond acceptors (Lipinski definition) is 3. The van der Waals surface area contributed by atoms with Crippen LogP contribution in [0.15, 0.2) is 41.0 Å². The summed E-state index contributed by atoms with van der Waals surface area (Å²) in [5.74, 6) is -0.0503. The van der Waals surface area contributed by atoms with E-state index in [-0.39, 0.29) is 11.7 Å². The predicted octanol–water partition coefficient (Wildman–Crippen LogP) is 5.52. The number of rotatable bonds is 3. The molecule has 0 bridgehead atoms. The number of fused-ring (bicyclic) bond motifs is 1. The minimum atomic E-state index is -0.351. The summed E-state index contributed by atoms with van der Waals surface area (Å²) < 4.78 is 14.8. The van der Waals surface area contributed by atoms with E-state index in [1.165, 1.54) is 23.5 Å². The molecule has 0 aliphatic carbocycles. The van der Waals surface area contributed by atoms with Crippen LogP contribution in [-0.2, 0) is 0 Å². The number of pyridine rings is 1. The number of hydrogen-bond donors (Lipinski definition) is 0. The van der Waals surface area contributed by atoms with Gasteiger partial charge in [0.25, 0.3) is 5.91 Å². The number of halogens is 3. The van der Waals surface area contributed by atoms with E-state index in [0.717, 1.165) is 4.47 Å². The summed E-state index contributed by atoms with van der Waals surface area (Å²) in [6.45, 7) is 2.31. The lowest BCUT2D eigenvalue weighted by Crippen LogP contribution is -2.30. The highest BCUT2D eigenvalue weighted by Gasteiger charge is 2.23. The monoisotopic (exact) mass is 412 g/mol. The smallest absolute Gasteiger partial charge is 0.271 e. The lowest BCUT2D eigenvalue weighted by molar-refractivity contribution is 0.0991. The standard InChI is InChI=1S/C16H11BrClFN2OS/c1-2-21(13-6-3-9(17)8-20-13)16(22)15-14(18)11-5-4-10(19)7-12(11)23-15/h3-8H,2H2,1H3. The molecule has 1 amide bonds. The Morgan fingerprint density at radius 3 is 2.83 bits per heavy atom. The van der Waals surface area contributed by atoms with Crippen LogP contribution >= 0.6 is 38.9 Å². The normalized spacial score (nSPS) is 11.0. The Labute approximate surface area is 149 Å². The van der Waals surface area contributed by atoms with Gasteiger partial charge in [-0.05, 0) is 53.2 Å². The van der Waals surface area contributed by atoms with E-state index in [1.54, 1.807) is 23.2 Å². The van der Waals surface area contributed by atoms with Crippen molar-refractivity contribution >= 4 is 60.7 Å². The molecule has 3 rings (SSSR count). The number of nitrogens with zero attached hydrogens (tertiary/aromatic N) is 2. The van der Waals surface area contributed by atoms with Crippen molar-refractivity contribution in [2.45, 2.75) is 6.92 Å². The summed E-state index contributed by atoms with van der Waals surface area (Å²) >= 11 is 10.8. The third kappa shape index (κ3) is 3.11. The van der Waals surface area contributed by atoms with Crippen LogP contribution in [-0.4, -0.2) is 17.4 Å².